The van der Waals surface area contributed by atoms with E-state index >= 15 is 0 Å². The van der Waals surface area contributed by atoms with Gasteiger partial charge in [0.05, 0.1) is 0 Å². The molecule has 1 N–H and O–H groups in total. The summed E-state index contributed by atoms with van der Waals surface area (Å²) in [6.45, 7) is 3.05. The van der Waals surface area contributed by atoms with E-state index in [2.05, 4.69) is 37.1 Å². The molecule has 1 aliphatic carbocycles. The van der Waals surface area contributed by atoms with Crippen LogP contribution in [0.3, 0.4) is 0 Å². The lowest BCUT2D eigenvalue weighted by Gasteiger charge is -2.27. The molecule has 0 unspecified atom stereocenters. The molecule has 3 rings (SSSR count). The number of nitrogens with zero attached hydrogens (tertiary/aromatic N) is 6. The van der Waals surface area contributed by atoms with Crippen LogP contribution in [0.4, 0.5) is 11.9 Å². The maximum Gasteiger partial charge on any atom is 0.241 e. The highest BCUT2D eigenvalue weighted by molar-refractivity contribution is 5.41. The number of imidazole rings is 1. The van der Waals surface area contributed by atoms with Gasteiger partial charge in [-0.15, -0.1) is 0 Å². The van der Waals surface area contributed by atoms with Crippen molar-refractivity contribution in [1.29, 1.82) is 0 Å². The molecule has 0 amide bonds. The number of hydrogen-bond acceptors (Lipinski definition) is 6. The van der Waals surface area contributed by atoms with Crippen molar-refractivity contribution < 1.29 is 0 Å². The molecule has 0 aliphatic heterocycles. The van der Waals surface area contributed by atoms with Crippen molar-refractivity contribution in [3.63, 3.8) is 0 Å². The smallest absolute Gasteiger partial charge is 0.241 e. The topological polar surface area (TPSA) is 71.8 Å². The minimum absolute atomic E-state index is 0.540. The second-order valence-electron chi connectivity index (χ2n) is 5.20. The molecule has 21 heavy (non-hydrogen) atoms. The van der Waals surface area contributed by atoms with Gasteiger partial charge in [-0.05, 0) is 19.8 Å². The van der Waals surface area contributed by atoms with Crippen LogP contribution >= 0.6 is 0 Å². The first-order chi connectivity index (χ1) is 10.3. The molecule has 1 aliphatic rings. The predicted octanol–water partition coefficient (Wildman–Crippen LogP) is 1.87. The van der Waals surface area contributed by atoms with Crippen LogP contribution in [0.5, 0.6) is 0 Å². The second-order valence-corrected chi connectivity index (χ2v) is 5.20. The van der Waals surface area contributed by atoms with Crippen LogP contribution < -0.4 is 10.2 Å². The molecule has 2 aromatic rings. The summed E-state index contributed by atoms with van der Waals surface area (Å²) in [6.07, 6.45) is 10.3. The highest BCUT2D eigenvalue weighted by atomic mass is 15.3. The average Bonchev–Trinajstić information content (AvgIpc) is 3.21. The first-order valence-corrected chi connectivity index (χ1v) is 7.50. The van der Waals surface area contributed by atoms with Crippen LogP contribution in [0.15, 0.2) is 18.7 Å². The monoisotopic (exact) mass is 287 g/mol. The van der Waals surface area contributed by atoms with Crippen LogP contribution in [0.1, 0.15) is 32.6 Å². The lowest BCUT2D eigenvalue weighted by molar-refractivity contribution is 0.602. The van der Waals surface area contributed by atoms with Gasteiger partial charge in [-0.2, -0.15) is 15.0 Å². The van der Waals surface area contributed by atoms with Crippen LogP contribution in [0.25, 0.3) is 5.95 Å². The molecule has 2 aromatic heterocycles. The zero-order chi connectivity index (χ0) is 14.7. The third kappa shape index (κ3) is 2.81. The summed E-state index contributed by atoms with van der Waals surface area (Å²) in [7, 11) is 1.82. The summed E-state index contributed by atoms with van der Waals surface area (Å²) >= 11 is 0. The first-order valence-electron chi connectivity index (χ1n) is 7.50. The molecule has 7 heteroatoms. The van der Waals surface area contributed by atoms with Gasteiger partial charge in [-0.3, -0.25) is 4.57 Å². The third-order valence-corrected chi connectivity index (χ3v) is 3.93. The number of aromatic nitrogens is 5. The fraction of sp³-hybridized carbons (Fsp3) is 0.571. The van der Waals surface area contributed by atoms with Crippen molar-refractivity contribution in [1.82, 2.24) is 24.5 Å². The highest BCUT2D eigenvalue weighted by Gasteiger charge is 2.24. The normalized spacial score (nSPS) is 15.3. The average molecular weight is 287 g/mol. The van der Waals surface area contributed by atoms with E-state index in [0.717, 1.165) is 12.5 Å². The highest BCUT2D eigenvalue weighted by Crippen LogP contribution is 2.26. The summed E-state index contributed by atoms with van der Waals surface area (Å²) in [5.41, 5.74) is 0. The lowest BCUT2D eigenvalue weighted by atomic mass is 10.2. The Bertz CT molecular complexity index is 575. The van der Waals surface area contributed by atoms with Gasteiger partial charge in [0.2, 0.25) is 17.8 Å². The van der Waals surface area contributed by atoms with Crippen molar-refractivity contribution >= 4 is 11.9 Å². The van der Waals surface area contributed by atoms with Gasteiger partial charge in [-0.25, -0.2) is 4.98 Å². The van der Waals surface area contributed by atoms with Gasteiger partial charge in [0.25, 0.3) is 0 Å². The Morgan fingerprint density at radius 1 is 1.29 bits per heavy atom. The summed E-state index contributed by atoms with van der Waals surface area (Å²) in [5, 5.41) is 3.02. The Morgan fingerprint density at radius 3 is 2.71 bits per heavy atom. The molecule has 0 saturated heterocycles. The Labute approximate surface area is 124 Å². The molecular formula is C14H21N7. The standard InChI is InChI=1S/C14H21N7/c1-3-21(11-6-4-5-7-11)14-18-12(15-2)17-13(19-14)20-9-8-16-10-20/h8-11H,3-7H2,1-2H3,(H,15,17,18,19). The van der Waals surface area contributed by atoms with E-state index < -0.39 is 0 Å². The SMILES string of the molecule is CCN(c1nc(NC)nc(-n2ccnc2)n1)C1CCCC1. The third-order valence-electron chi connectivity index (χ3n) is 3.93. The molecule has 2 heterocycles. The maximum absolute atomic E-state index is 4.63. The Hall–Kier alpha value is -2.18. The van der Waals surface area contributed by atoms with Gasteiger partial charge in [0.15, 0.2) is 0 Å². The summed E-state index contributed by atoms with van der Waals surface area (Å²) in [4.78, 5) is 19.9. The Kier molecular flexibility index (Phi) is 3.98. The number of anilines is 2. The molecule has 0 spiro atoms. The van der Waals surface area contributed by atoms with Crippen molar-refractivity contribution in [3.8, 4) is 5.95 Å². The number of nitrogens with one attached hydrogen (secondary N) is 1. The summed E-state index contributed by atoms with van der Waals surface area (Å²) < 4.78 is 1.80. The lowest BCUT2D eigenvalue weighted by Crippen LogP contribution is -2.35. The van der Waals surface area contributed by atoms with E-state index in [1.54, 1.807) is 17.1 Å². The van der Waals surface area contributed by atoms with E-state index in [1.165, 1.54) is 25.7 Å². The molecule has 7 nitrogen and oxygen atoms in total. The Morgan fingerprint density at radius 2 is 2.10 bits per heavy atom. The van der Waals surface area contributed by atoms with E-state index in [1.807, 2.05) is 13.2 Å². The van der Waals surface area contributed by atoms with Crippen molar-refractivity contribution in [2.24, 2.45) is 0 Å². The summed E-state index contributed by atoms with van der Waals surface area (Å²) in [5.74, 6) is 1.92. The molecular weight excluding hydrogens is 266 g/mol. The fourth-order valence-corrected chi connectivity index (χ4v) is 2.87. The molecule has 1 fully saturated rings. The van der Waals surface area contributed by atoms with Crippen molar-refractivity contribution in [2.45, 2.75) is 38.6 Å². The quantitative estimate of drug-likeness (QED) is 0.905. The zero-order valence-electron chi connectivity index (χ0n) is 12.5. The first kappa shape index (κ1) is 13.8. The minimum atomic E-state index is 0.540. The molecule has 1 saturated carbocycles. The van der Waals surface area contributed by atoms with E-state index in [9.17, 15) is 0 Å². The van der Waals surface area contributed by atoms with Gasteiger partial charge in [-0.1, -0.05) is 12.8 Å². The molecule has 0 bridgehead atoms. The Balaban J connectivity index is 1.98. The van der Waals surface area contributed by atoms with E-state index in [4.69, 9.17) is 0 Å². The van der Waals surface area contributed by atoms with Crippen LogP contribution in [-0.4, -0.2) is 44.1 Å². The number of rotatable bonds is 5. The molecule has 0 radical (unpaired) electrons. The van der Waals surface area contributed by atoms with Crippen LogP contribution in [0.2, 0.25) is 0 Å². The second kappa shape index (κ2) is 6.07. The number of hydrogen-bond donors (Lipinski definition) is 1. The molecule has 0 aromatic carbocycles. The van der Waals surface area contributed by atoms with Crippen molar-refractivity contribution in [3.05, 3.63) is 18.7 Å². The largest absolute Gasteiger partial charge is 0.357 e. The van der Waals surface area contributed by atoms with Gasteiger partial charge < -0.3 is 10.2 Å². The molecule has 112 valence electrons. The zero-order valence-corrected chi connectivity index (χ0v) is 12.5. The summed E-state index contributed by atoms with van der Waals surface area (Å²) in [6, 6.07) is 0.540. The van der Waals surface area contributed by atoms with E-state index in [0.29, 0.717) is 17.9 Å². The molecule has 0 atom stereocenters. The van der Waals surface area contributed by atoms with Gasteiger partial charge in [0.1, 0.15) is 6.33 Å². The van der Waals surface area contributed by atoms with Gasteiger partial charge in [0, 0.05) is 32.0 Å². The predicted molar refractivity (Wildman–Crippen MR) is 81.8 cm³/mol. The van der Waals surface area contributed by atoms with Crippen LogP contribution in [0, 0.1) is 0 Å². The maximum atomic E-state index is 4.63. The fourth-order valence-electron chi connectivity index (χ4n) is 2.87. The van der Waals surface area contributed by atoms with E-state index in [-0.39, 0.29) is 0 Å². The van der Waals surface area contributed by atoms with Crippen molar-refractivity contribution in [2.75, 3.05) is 23.8 Å². The minimum Gasteiger partial charge on any atom is -0.357 e. The van der Waals surface area contributed by atoms with Crippen LogP contribution in [-0.2, 0) is 0 Å². The van der Waals surface area contributed by atoms with Gasteiger partial charge >= 0.3 is 0 Å².